The molecule has 0 amide bonds. The van der Waals surface area contributed by atoms with Gasteiger partial charge in [-0.3, -0.25) is 0 Å². The molecule has 1 aliphatic rings. The fourth-order valence-electron chi connectivity index (χ4n) is 2.79. The van der Waals surface area contributed by atoms with Crippen LogP contribution in [0.1, 0.15) is 37.8 Å². The Morgan fingerprint density at radius 3 is 2.83 bits per heavy atom. The zero-order chi connectivity index (χ0) is 16.7. The van der Waals surface area contributed by atoms with Crippen molar-refractivity contribution in [3.63, 3.8) is 0 Å². The van der Waals surface area contributed by atoms with Crippen LogP contribution in [0.25, 0.3) is 0 Å². The van der Waals surface area contributed by atoms with Crippen molar-refractivity contribution in [3.8, 4) is 5.75 Å². The normalized spacial score (nSPS) is 21.3. The summed E-state index contributed by atoms with van der Waals surface area (Å²) >= 11 is 0. The molecule has 5 nitrogen and oxygen atoms in total. The molecule has 1 unspecified atom stereocenters. The van der Waals surface area contributed by atoms with E-state index in [9.17, 15) is 0 Å². The highest BCUT2D eigenvalue weighted by Crippen LogP contribution is 2.23. The molecule has 0 spiro atoms. The third-order valence-corrected chi connectivity index (χ3v) is 4.04. The Morgan fingerprint density at radius 1 is 1.35 bits per heavy atom. The summed E-state index contributed by atoms with van der Waals surface area (Å²) in [5, 5.41) is 6.69. The van der Waals surface area contributed by atoms with Crippen molar-refractivity contribution in [2.24, 2.45) is 4.99 Å². The molecule has 1 aromatic rings. The van der Waals surface area contributed by atoms with Crippen molar-refractivity contribution in [3.05, 3.63) is 29.3 Å². The van der Waals surface area contributed by atoms with Crippen LogP contribution in [-0.2, 0) is 11.3 Å². The summed E-state index contributed by atoms with van der Waals surface area (Å²) in [5.41, 5.74) is 2.24. The lowest BCUT2D eigenvalue weighted by atomic mass is 10.0. The molecule has 0 aliphatic carbocycles. The molecule has 0 bridgehead atoms. The number of ether oxygens (including phenoxy) is 2. The molecule has 23 heavy (non-hydrogen) atoms. The minimum Gasteiger partial charge on any atom is -0.497 e. The second-order valence-electron chi connectivity index (χ2n) is 6.31. The number of benzene rings is 1. The first-order chi connectivity index (χ1) is 11.0. The van der Waals surface area contributed by atoms with Crippen LogP contribution >= 0.6 is 0 Å². The Balaban J connectivity index is 1.99. The summed E-state index contributed by atoms with van der Waals surface area (Å²) in [6.45, 7) is 9.37. The molecule has 1 fully saturated rings. The van der Waals surface area contributed by atoms with Gasteiger partial charge in [-0.25, -0.2) is 4.99 Å². The third-order valence-electron chi connectivity index (χ3n) is 4.04. The molecular formula is C18H29N3O2. The van der Waals surface area contributed by atoms with Gasteiger partial charge in [0, 0.05) is 19.7 Å². The molecule has 2 N–H and O–H groups in total. The van der Waals surface area contributed by atoms with E-state index in [0.717, 1.165) is 49.8 Å². The third kappa shape index (κ3) is 5.43. The van der Waals surface area contributed by atoms with E-state index in [-0.39, 0.29) is 5.60 Å². The number of nitrogens with one attached hydrogen (secondary N) is 2. The van der Waals surface area contributed by atoms with Crippen molar-refractivity contribution >= 4 is 5.96 Å². The van der Waals surface area contributed by atoms with E-state index in [1.54, 1.807) is 7.11 Å². The van der Waals surface area contributed by atoms with Crippen molar-refractivity contribution in [1.29, 1.82) is 0 Å². The van der Waals surface area contributed by atoms with Gasteiger partial charge in [-0.1, -0.05) is 6.07 Å². The van der Waals surface area contributed by atoms with E-state index in [1.165, 1.54) is 5.56 Å². The quantitative estimate of drug-likeness (QED) is 0.625. The van der Waals surface area contributed by atoms with Gasteiger partial charge in [0.15, 0.2) is 5.96 Å². The second kappa shape index (κ2) is 8.20. The maximum atomic E-state index is 5.82. The molecule has 1 aliphatic heterocycles. The Labute approximate surface area is 139 Å². The van der Waals surface area contributed by atoms with Crippen molar-refractivity contribution in [2.45, 2.75) is 45.8 Å². The van der Waals surface area contributed by atoms with E-state index < -0.39 is 0 Å². The second-order valence-corrected chi connectivity index (χ2v) is 6.31. The fraction of sp³-hybridized carbons (Fsp3) is 0.611. The number of rotatable bonds is 6. The van der Waals surface area contributed by atoms with Crippen molar-refractivity contribution < 1.29 is 9.47 Å². The first-order valence-electron chi connectivity index (χ1n) is 8.35. The van der Waals surface area contributed by atoms with Gasteiger partial charge < -0.3 is 20.1 Å². The number of methoxy groups -OCH3 is 1. The minimum absolute atomic E-state index is 0.0806. The largest absolute Gasteiger partial charge is 0.497 e. The van der Waals surface area contributed by atoms with Crippen LogP contribution in [0.4, 0.5) is 0 Å². The lowest BCUT2D eigenvalue weighted by Gasteiger charge is -2.24. The van der Waals surface area contributed by atoms with E-state index in [4.69, 9.17) is 9.47 Å². The maximum absolute atomic E-state index is 5.82. The maximum Gasteiger partial charge on any atom is 0.191 e. The number of aliphatic imine (C=N–C) groups is 1. The summed E-state index contributed by atoms with van der Waals surface area (Å²) in [4.78, 5) is 4.68. The minimum atomic E-state index is -0.0806. The topological polar surface area (TPSA) is 54.9 Å². The van der Waals surface area contributed by atoms with Crippen LogP contribution in [0.3, 0.4) is 0 Å². The number of hydrogen-bond donors (Lipinski definition) is 2. The van der Waals surface area contributed by atoms with Gasteiger partial charge in [-0.05, 0) is 56.9 Å². The summed E-state index contributed by atoms with van der Waals surface area (Å²) < 4.78 is 11.1. The standard InChI is InChI=1S/C18H29N3O2/c1-5-19-17(21-13-18(3)7-6-8-23-18)20-12-15-9-14(2)10-16(11-15)22-4/h9-11H,5-8,12-13H2,1-4H3,(H2,19,20,21). The predicted molar refractivity (Wildman–Crippen MR) is 94.1 cm³/mol. The van der Waals surface area contributed by atoms with Crippen LogP contribution in [0.5, 0.6) is 5.75 Å². The number of guanidine groups is 1. The van der Waals surface area contributed by atoms with Gasteiger partial charge in [0.05, 0.1) is 19.3 Å². The molecule has 0 radical (unpaired) electrons. The van der Waals surface area contributed by atoms with Gasteiger partial charge in [0.25, 0.3) is 0 Å². The average Bonchev–Trinajstić information content (AvgIpc) is 2.96. The van der Waals surface area contributed by atoms with Crippen LogP contribution < -0.4 is 15.4 Å². The number of hydrogen-bond acceptors (Lipinski definition) is 3. The molecule has 0 aromatic heterocycles. The van der Waals surface area contributed by atoms with Crippen molar-refractivity contribution in [2.75, 3.05) is 26.8 Å². The molecule has 2 rings (SSSR count). The Kier molecular flexibility index (Phi) is 6.28. The molecule has 1 saturated heterocycles. The van der Waals surface area contributed by atoms with Crippen molar-refractivity contribution in [1.82, 2.24) is 10.6 Å². The van der Waals surface area contributed by atoms with Gasteiger partial charge in [0.2, 0.25) is 0 Å². The highest BCUT2D eigenvalue weighted by Gasteiger charge is 2.29. The summed E-state index contributed by atoms with van der Waals surface area (Å²) in [5.74, 6) is 1.70. The van der Waals surface area contributed by atoms with E-state index in [2.05, 4.69) is 42.5 Å². The predicted octanol–water partition coefficient (Wildman–Crippen LogP) is 2.63. The van der Waals surface area contributed by atoms with Crippen LogP contribution in [0, 0.1) is 6.92 Å². The molecule has 1 atom stereocenters. The summed E-state index contributed by atoms with van der Waals surface area (Å²) in [6, 6.07) is 6.19. The van der Waals surface area contributed by atoms with Gasteiger partial charge in [0.1, 0.15) is 5.75 Å². The average molecular weight is 319 g/mol. The smallest absolute Gasteiger partial charge is 0.191 e. The number of aryl methyl sites for hydroxylation is 1. The van der Waals surface area contributed by atoms with Gasteiger partial charge >= 0.3 is 0 Å². The van der Waals surface area contributed by atoms with Gasteiger partial charge in [-0.2, -0.15) is 0 Å². The Hall–Kier alpha value is -1.75. The van der Waals surface area contributed by atoms with Crippen LogP contribution in [0.2, 0.25) is 0 Å². The summed E-state index contributed by atoms with van der Waals surface area (Å²) in [6.07, 6.45) is 2.23. The monoisotopic (exact) mass is 319 g/mol. The lowest BCUT2D eigenvalue weighted by Crippen LogP contribution is -2.45. The Bertz CT molecular complexity index is 537. The number of nitrogens with zero attached hydrogens (tertiary/aromatic N) is 1. The highest BCUT2D eigenvalue weighted by atomic mass is 16.5. The summed E-state index contributed by atoms with van der Waals surface area (Å²) in [7, 11) is 1.69. The molecule has 5 heteroatoms. The zero-order valence-electron chi connectivity index (χ0n) is 14.7. The zero-order valence-corrected chi connectivity index (χ0v) is 14.7. The molecular weight excluding hydrogens is 290 g/mol. The molecule has 128 valence electrons. The Morgan fingerprint density at radius 2 is 2.17 bits per heavy atom. The first kappa shape index (κ1) is 17.6. The lowest BCUT2D eigenvalue weighted by molar-refractivity contribution is 0.0243. The van der Waals surface area contributed by atoms with Crippen LogP contribution in [-0.4, -0.2) is 38.4 Å². The first-order valence-corrected chi connectivity index (χ1v) is 8.35. The van der Waals surface area contributed by atoms with Gasteiger partial charge in [-0.15, -0.1) is 0 Å². The highest BCUT2D eigenvalue weighted by molar-refractivity contribution is 5.79. The molecule has 1 heterocycles. The molecule has 1 aromatic carbocycles. The fourth-order valence-corrected chi connectivity index (χ4v) is 2.79. The molecule has 0 saturated carbocycles. The van der Waals surface area contributed by atoms with Crippen LogP contribution in [0.15, 0.2) is 23.2 Å². The van der Waals surface area contributed by atoms with E-state index >= 15 is 0 Å². The SMILES string of the molecule is CCNC(=NCc1cc(C)cc(OC)c1)NCC1(C)CCCO1. The van der Waals surface area contributed by atoms with E-state index in [0.29, 0.717) is 6.54 Å². The van der Waals surface area contributed by atoms with E-state index in [1.807, 2.05) is 12.1 Å².